The first-order valence-electron chi connectivity index (χ1n) is 7.79. The maximum absolute atomic E-state index is 11.7. The van der Waals surface area contributed by atoms with E-state index in [0.29, 0.717) is 12.5 Å². The number of carbonyl (C=O) groups excluding carboxylic acids is 1. The zero-order valence-corrected chi connectivity index (χ0v) is 14.1. The van der Waals surface area contributed by atoms with E-state index >= 15 is 0 Å². The minimum absolute atomic E-state index is 0.128. The molecule has 22 heavy (non-hydrogen) atoms. The van der Waals surface area contributed by atoms with Gasteiger partial charge in [-0.3, -0.25) is 0 Å². The standard InChI is InChI=1S/C17H26N4O/c1-11(2)15-19-13-7-6-12(10-14(13)20-15)8-9-18-16(22)21-17(3,4)5/h6-7,10-11H,8-9H2,1-5H3,(H,19,20)(H2,18,21,22). The lowest BCUT2D eigenvalue weighted by molar-refractivity contribution is 0.232. The Kier molecular flexibility index (Phi) is 4.74. The number of benzene rings is 1. The molecule has 1 aromatic heterocycles. The summed E-state index contributed by atoms with van der Waals surface area (Å²) in [6.45, 7) is 10.7. The smallest absolute Gasteiger partial charge is 0.315 e. The van der Waals surface area contributed by atoms with Crippen molar-refractivity contribution >= 4 is 17.1 Å². The normalized spacial score (nSPS) is 11.9. The molecule has 5 heteroatoms. The molecule has 0 saturated heterocycles. The second kappa shape index (κ2) is 6.38. The molecule has 3 N–H and O–H groups in total. The van der Waals surface area contributed by atoms with Crippen LogP contribution in [0.3, 0.4) is 0 Å². The Labute approximate surface area is 131 Å². The van der Waals surface area contributed by atoms with Crippen molar-refractivity contribution in [2.75, 3.05) is 6.54 Å². The van der Waals surface area contributed by atoms with Crippen LogP contribution in [0.1, 0.15) is 51.9 Å². The zero-order valence-electron chi connectivity index (χ0n) is 14.1. The Morgan fingerprint density at radius 1 is 1.32 bits per heavy atom. The molecule has 5 nitrogen and oxygen atoms in total. The minimum Gasteiger partial charge on any atom is -0.342 e. The van der Waals surface area contributed by atoms with E-state index in [9.17, 15) is 4.79 Å². The quantitative estimate of drug-likeness (QED) is 0.811. The first kappa shape index (κ1) is 16.3. The topological polar surface area (TPSA) is 69.8 Å². The predicted octanol–water partition coefficient (Wildman–Crippen LogP) is 3.33. The third-order valence-electron chi connectivity index (χ3n) is 3.30. The summed E-state index contributed by atoms with van der Waals surface area (Å²) in [4.78, 5) is 19.6. The number of urea groups is 1. The van der Waals surface area contributed by atoms with E-state index in [1.165, 1.54) is 5.56 Å². The van der Waals surface area contributed by atoms with Crippen LogP contribution in [-0.2, 0) is 6.42 Å². The van der Waals surface area contributed by atoms with Crippen LogP contribution in [0, 0.1) is 0 Å². The van der Waals surface area contributed by atoms with Gasteiger partial charge in [0, 0.05) is 18.0 Å². The number of H-pyrrole nitrogens is 1. The van der Waals surface area contributed by atoms with Crippen LogP contribution < -0.4 is 10.6 Å². The Bertz CT molecular complexity index is 652. The number of amides is 2. The molecule has 0 aliphatic carbocycles. The molecular weight excluding hydrogens is 276 g/mol. The van der Waals surface area contributed by atoms with Crippen molar-refractivity contribution in [3.8, 4) is 0 Å². The summed E-state index contributed by atoms with van der Waals surface area (Å²) in [5.41, 5.74) is 3.01. The molecular formula is C17H26N4O. The van der Waals surface area contributed by atoms with Gasteiger partial charge in [-0.05, 0) is 44.9 Å². The molecule has 1 aromatic carbocycles. The summed E-state index contributed by atoms with van der Waals surface area (Å²) in [5.74, 6) is 1.40. The molecule has 0 aliphatic rings. The van der Waals surface area contributed by atoms with Gasteiger partial charge in [0.05, 0.1) is 11.0 Å². The molecule has 0 saturated carbocycles. The number of rotatable bonds is 4. The Hall–Kier alpha value is -2.04. The van der Waals surface area contributed by atoms with Gasteiger partial charge in [-0.25, -0.2) is 9.78 Å². The van der Waals surface area contributed by atoms with Crippen LogP contribution in [0.25, 0.3) is 11.0 Å². The van der Waals surface area contributed by atoms with Gasteiger partial charge in [-0.15, -0.1) is 0 Å². The number of aromatic nitrogens is 2. The fourth-order valence-corrected chi connectivity index (χ4v) is 2.21. The van der Waals surface area contributed by atoms with Crippen molar-refractivity contribution in [2.24, 2.45) is 0 Å². The highest BCUT2D eigenvalue weighted by molar-refractivity contribution is 5.76. The molecule has 2 rings (SSSR count). The van der Waals surface area contributed by atoms with Crippen LogP contribution in [0.4, 0.5) is 4.79 Å². The van der Waals surface area contributed by atoms with E-state index in [2.05, 4.69) is 46.6 Å². The van der Waals surface area contributed by atoms with E-state index in [4.69, 9.17) is 0 Å². The van der Waals surface area contributed by atoms with Crippen LogP contribution >= 0.6 is 0 Å². The molecule has 2 amide bonds. The van der Waals surface area contributed by atoms with E-state index in [0.717, 1.165) is 23.3 Å². The Morgan fingerprint density at radius 3 is 2.68 bits per heavy atom. The van der Waals surface area contributed by atoms with Crippen molar-refractivity contribution in [1.29, 1.82) is 0 Å². The van der Waals surface area contributed by atoms with Crippen LogP contribution in [0.5, 0.6) is 0 Å². The second-order valence-corrected chi connectivity index (χ2v) is 7.01. The van der Waals surface area contributed by atoms with Crippen LogP contribution in [0.2, 0.25) is 0 Å². The molecule has 2 aromatic rings. The summed E-state index contributed by atoms with van der Waals surface area (Å²) < 4.78 is 0. The van der Waals surface area contributed by atoms with E-state index < -0.39 is 0 Å². The number of aromatic amines is 1. The zero-order chi connectivity index (χ0) is 16.3. The number of nitrogens with zero attached hydrogens (tertiary/aromatic N) is 1. The second-order valence-electron chi connectivity index (χ2n) is 7.01. The molecule has 0 aliphatic heterocycles. The van der Waals surface area contributed by atoms with Gasteiger partial charge >= 0.3 is 6.03 Å². The predicted molar refractivity (Wildman–Crippen MR) is 90.2 cm³/mol. The highest BCUT2D eigenvalue weighted by atomic mass is 16.2. The molecule has 0 unspecified atom stereocenters. The molecule has 0 spiro atoms. The summed E-state index contributed by atoms with van der Waals surface area (Å²) in [5, 5.41) is 5.77. The van der Waals surface area contributed by atoms with Crippen molar-refractivity contribution in [3.05, 3.63) is 29.6 Å². The summed E-state index contributed by atoms with van der Waals surface area (Å²) >= 11 is 0. The molecule has 1 heterocycles. The van der Waals surface area contributed by atoms with Crippen molar-refractivity contribution in [1.82, 2.24) is 20.6 Å². The molecule has 0 atom stereocenters. The number of nitrogens with one attached hydrogen (secondary N) is 3. The summed E-state index contributed by atoms with van der Waals surface area (Å²) in [6, 6.07) is 6.08. The SMILES string of the molecule is CC(C)c1nc2ccc(CCNC(=O)NC(C)(C)C)cc2[nH]1. The number of hydrogen-bond donors (Lipinski definition) is 3. The van der Waals surface area contributed by atoms with Crippen molar-refractivity contribution in [2.45, 2.75) is 52.5 Å². The third kappa shape index (κ3) is 4.48. The lowest BCUT2D eigenvalue weighted by Gasteiger charge is -2.20. The van der Waals surface area contributed by atoms with Crippen LogP contribution in [-0.4, -0.2) is 28.1 Å². The van der Waals surface area contributed by atoms with Crippen LogP contribution in [0.15, 0.2) is 18.2 Å². The summed E-state index contributed by atoms with van der Waals surface area (Å²) in [7, 11) is 0. The number of fused-ring (bicyclic) bond motifs is 1. The van der Waals surface area contributed by atoms with Gasteiger partial charge in [0.2, 0.25) is 0 Å². The van der Waals surface area contributed by atoms with E-state index in [1.54, 1.807) is 0 Å². The average molecular weight is 302 g/mol. The number of carbonyl (C=O) groups is 1. The monoisotopic (exact) mass is 302 g/mol. The highest BCUT2D eigenvalue weighted by Crippen LogP contribution is 2.18. The van der Waals surface area contributed by atoms with Crippen molar-refractivity contribution in [3.63, 3.8) is 0 Å². The first-order valence-corrected chi connectivity index (χ1v) is 7.79. The fourth-order valence-electron chi connectivity index (χ4n) is 2.21. The van der Waals surface area contributed by atoms with E-state index in [-0.39, 0.29) is 11.6 Å². The van der Waals surface area contributed by atoms with Gasteiger partial charge in [-0.2, -0.15) is 0 Å². The van der Waals surface area contributed by atoms with Gasteiger partial charge in [-0.1, -0.05) is 19.9 Å². The van der Waals surface area contributed by atoms with Gasteiger partial charge in [0.1, 0.15) is 5.82 Å². The first-order chi connectivity index (χ1) is 10.2. The average Bonchev–Trinajstić information content (AvgIpc) is 2.79. The lowest BCUT2D eigenvalue weighted by atomic mass is 10.1. The lowest BCUT2D eigenvalue weighted by Crippen LogP contribution is -2.46. The molecule has 0 fully saturated rings. The maximum Gasteiger partial charge on any atom is 0.315 e. The van der Waals surface area contributed by atoms with Gasteiger partial charge in [0.25, 0.3) is 0 Å². The molecule has 0 bridgehead atoms. The largest absolute Gasteiger partial charge is 0.342 e. The third-order valence-corrected chi connectivity index (χ3v) is 3.30. The summed E-state index contributed by atoms with van der Waals surface area (Å²) in [6.07, 6.45) is 0.795. The van der Waals surface area contributed by atoms with Crippen molar-refractivity contribution < 1.29 is 4.79 Å². The maximum atomic E-state index is 11.7. The minimum atomic E-state index is -0.216. The number of imidazole rings is 1. The highest BCUT2D eigenvalue weighted by Gasteiger charge is 2.13. The van der Waals surface area contributed by atoms with Gasteiger partial charge in [0.15, 0.2) is 0 Å². The Morgan fingerprint density at radius 2 is 2.05 bits per heavy atom. The number of hydrogen-bond acceptors (Lipinski definition) is 2. The van der Waals surface area contributed by atoms with Gasteiger partial charge < -0.3 is 15.6 Å². The fraction of sp³-hybridized carbons (Fsp3) is 0.529. The molecule has 0 radical (unpaired) electrons. The molecule has 120 valence electrons. The Balaban J connectivity index is 1.93. The van der Waals surface area contributed by atoms with E-state index in [1.807, 2.05) is 26.8 Å².